The Hall–Kier alpha value is -2.76. The molecule has 0 aliphatic carbocycles. The molecule has 1 saturated heterocycles. The molecule has 3 rings (SSSR count). The lowest BCUT2D eigenvalue weighted by Crippen LogP contribution is -2.35. The summed E-state index contributed by atoms with van der Waals surface area (Å²) in [6, 6.07) is 10.6. The largest absolute Gasteiger partial charge is 0.465 e. The third kappa shape index (κ3) is 3.06. The number of urea groups is 1. The molecule has 120 valence electrons. The van der Waals surface area contributed by atoms with Gasteiger partial charge in [0.15, 0.2) is 0 Å². The number of anilines is 1. The van der Waals surface area contributed by atoms with Gasteiger partial charge < -0.3 is 19.9 Å². The van der Waals surface area contributed by atoms with Crippen LogP contribution < -0.4 is 5.32 Å². The number of likely N-dealkylation sites (tertiary alicyclic amines) is 1. The van der Waals surface area contributed by atoms with Crippen LogP contribution in [-0.4, -0.2) is 35.5 Å². The van der Waals surface area contributed by atoms with Crippen LogP contribution in [0.1, 0.15) is 34.9 Å². The van der Waals surface area contributed by atoms with Crippen LogP contribution in [0.3, 0.4) is 0 Å². The summed E-state index contributed by atoms with van der Waals surface area (Å²) in [6.07, 6.45) is 3.73. The predicted molar refractivity (Wildman–Crippen MR) is 86.3 cm³/mol. The third-order valence-electron chi connectivity index (χ3n) is 4.07. The van der Waals surface area contributed by atoms with Crippen LogP contribution in [0.2, 0.25) is 0 Å². The fourth-order valence-corrected chi connectivity index (χ4v) is 2.95. The summed E-state index contributed by atoms with van der Waals surface area (Å²) >= 11 is 0. The van der Waals surface area contributed by atoms with E-state index in [-0.39, 0.29) is 12.1 Å². The quantitative estimate of drug-likeness (QED) is 0.855. The number of rotatable bonds is 3. The van der Waals surface area contributed by atoms with Crippen molar-refractivity contribution in [3.05, 3.63) is 53.9 Å². The van der Waals surface area contributed by atoms with E-state index in [4.69, 9.17) is 4.74 Å². The molecule has 0 spiro atoms. The molecule has 0 unspecified atom stereocenters. The fraction of sp³-hybridized carbons (Fsp3) is 0.294. The number of nitrogens with zero attached hydrogens (tertiary/aromatic N) is 1. The standard InChI is InChI=1S/C17H19N3O3/c1-23-16(21)12-6-2-3-7-13(12)19-17(22)20-11-5-9-15(20)14-8-4-10-18-14/h2-4,6-8,10,15,18H,5,9,11H2,1H3,(H,19,22)/t15-/m0/s1. The summed E-state index contributed by atoms with van der Waals surface area (Å²) in [4.78, 5) is 29.4. The first-order valence-corrected chi connectivity index (χ1v) is 7.59. The molecule has 1 fully saturated rings. The maximum atomic E-state index is 12.6. The lowest BCUT2D eigenvalue weighted by molar-refractivity contribution is 0.0602. The number of hydrogen-bond donors (Lipinski definition) is 2. The Morgan fingerprint density at radius 1 is 1.26 bits per heavy atom. The summed E-state index contributed by atoms with van der Waals surface area (Å²) in [5.41, 5.74) is 1.83. The smallest absolute Gasteiger partial charge is 0.339 e. The minimum absolute atomic E-state index is 0.0373. The molecule has 2 aromatic rings. The second-order valence-corrected chi connectivity index (χ2v) is 5.44. The van der Waals surface area contributed by atoms with Gasteiger partial charge in [0.25, 0.3) is 0 Å². The first-order chi connectivity index (χ1) is 11.2. The van der Waals surface area contributed by atoms with Crippen molar-refractivity contribution in [1.82, 2.24) is 9.88 Å². The van der Waals surface area contributed by atoms with Gasteiger partial charge in [-0.2, -0.15) is 0 Å². The summed E-state index contributed by atoms with van der Waals surface area (Å²) in [6.45, 7) is 0.690. The van der Waals surface area contributed by atoms with Gasteiger partial charge >= 0.3 is 12.0 Å². The number of aromatic nitrogens is 1. The van der Waals surface area contributed by atoms with E-state index in [1.165, 1.54) is 7.11 Å². The average Bonchev–Trinajstić information content (AvgIpc) is 3.25. The highest BCUT2D eigenvalue weighted by Gasteiger charge is 2.31. The Balaban J connectivity index is 1.78. The van der Waals surface area contributed by atoms with Gasteiger partial charge in [0.1, 0.15) is 0 Å². The van der Waals surface area contributed by atoms with Gasteiger partial charge in [-0.3, -0.25) is 0 Å². The van der Waals surface area contributed by atoms with Crippen molar-refractivity contribution in [2.45, 2.75) is 18.9 Å². The molecule has 0 radical (unpaired) electrons. The van der Waals surface area contributed by atoms with Crippen molar-refractivity contribution < 1.29 is 14.3 Å². The number of nitrogens with one attached hydrogen (secondary N) is 2. The lowest BCUT2D eigenvalue weighted by Gasteiger charge is -2.24. The number of esters is 1. The van der Waals surface area contributed by atoms with Gasteiger partial charge in [-0.1, -0.05) is 12.1 Å². The van der Waals surface area contributed by atoms with Crippen molar-refractivity contribution in [2.75, 3.05) is 19.0 Å². The second-order valence-electron chi connectivity index (χ2n) is 5.44. The van der Waals surface area contributed by atoms with Gasteiger partial charge in [0.2, 0.25) is 0 Å². The number of para-hydroxylation sites is 1. The van der Waals surface area contributed by atoms with Crippen LogP contribution >= 0.6 is 0 Å². The summed E-state index contributed by atoms with van der Waals surface area (Å²) in [5.74, 6) is -0.469. The summed E-state index contributed by atoms with van der Waals surface area (Å²) in [5, 5.41) is 2.83. The number of H-pyrrole nitrogens is 1. The SMILES string of the molecule is COC(=O)c1ccccc1NC(=O)N1CCC[C@H]1c1ccc[nH]1. The normalized spacial score (nSPS) is 17.1. The monoisotopic (exact) mass is 313 g/mol. The molecule has 0 saturated carbocycles. The number of amides is 2. The van der Waals surface area contributed by atoms with Crippen molar-refractivity contribution >= 4 is 17.7 Å². The molecule has 23 heavy (non-hydrogen) atoms. The summed E-state index contributed by atoms with van der Waals surface area (Å²) in [7, 11) is 1.32. The van der Waals surface area contributed by atoms with E-state index in [1.807, 2.05) is 18.3 Å². The van der Waals surface area contributed by atoms with Crippen LogP contribution in [0, 0.1) is 0 Å². The highest BCUT2D eigenvalue weighted by Crippen LogP contribution is 2.31. The first-order valence-electron chi connectivity index (χ1n) is 7.59. The number of carbonyl (C=O) groups excluding carboxylic acids is 2. The molecule has 2 heterocycles. The number of ether oxygens (including phenoxy) is 1. The molecule has 0 bridgehead atoms. The Morgan fingerprint density at radius 2 is 2.09 bits per heavy atom. The molecule has 1 aromatic carbocycles. The van der Waals surface area contributed by atoms with Crippen molar-refractivity contribution in [1.29, 1.82) is 0 Å². The topological polar surface area (TPSA) is 74.4 Å². The molecule has 2 N–H and O–H groups in total. The fourth-order valence-electron chi connectivity index (χ4n) is 2.95. The zero-order valence-corrected chi connectivity index (χ0v) is 12.9. The van der Waals surface area contributed by atoms with Crippen LogP contribution in [-0.2, 0) is 4.74 Å². The van der Waals surface area contributed by atoms with E-state index in [0.717, 1.165) is 18.5 Å². The van der Waals surface area contributed by atoms with Crippen LogP contribution in [0.4, 0.5) is 10.5 Å². The average molecular weight is 313 g/mol. The van der Waals surface area contributed by atoms with Crippen LogP contribution in [0.25, 0.3) is 0 Å². The first kappa shape index (κ1) is 15.1. The van der Waals surface area contributed by atoms with Gasteiger partial charge in [-0.15, -0.1) is 0 Å². The maximum absolute atomic E-state index is 12.6. The lowest BCUT2D eigenvalue weighted by atomic mass is 10.1. The third-order valence-corrected chi connectivity index (χ3v) is 4.07. The van der Waals surface area contributed by atoms with E-state index >= 15 is 0 Å². The number of aromatic amines is 1. The van der Waals surface area contributed by atoms with Crippen LogP contribution in [0.5, 0.6) is 0 Å². The van der Waals surface area contributed by atoms with E-state index in [9.17, 15) is 9.59 Å². The number of benzene rings is 1. The summed E-state index contributed by atoms with van der Waals surface area (Å²) < 4.78 is 4.76. The highest BCUT2D eigenvalue weighted by molar-refractivity contribution is 6.00. The molecule has 6 heteroatoms. The predicted octanol–water partition coefficient (Wildman–Crippen LogP) is 3.17. The molecule has 1 atom stereocenters. The van der Waals surface area contributed by atoms with Gasteiger partial charge in [-0.05, 0) is 37.1 Å². The second kappa shape index (κ2) is 6.56. The minimum atomic E-state index is -0.469. The molecular formula is C17H19N3O3. The molecular weight excluding hydrogens is 294 g/mol. The minimum Gasteiger partial charge on any atom is -0.465 e. The Kier molecular flexibility index (Phi) is 4.32. The van der Waals surface area contributed by atoms with Gasteiger partial charge in [0.05, 0.1) is 24.4 Å². The molecule has 2 amide bonds. The highest BCUT2D eigenvalue weighted by atomic mass is 16.5. The van der Waals surface area contributed by atoms with Crippen LogP contribution in [0.15, 0.2) is 42.6 Å². The van der Waals surface area contributed by atoms with Crippen molar-refractivity contribution in [3.63, 3.8) is 0 Å². The van der Waals surface area contributed by atoms with Crippen molar-refractivity contribution in [2.24, 2.45) is 0 Å². The molecule has 6 nitrogen and oxygen atoms in total. The van der Waals surface area contributed by atoms with E-state index < -0.39 is 5.97 Å². The Morgan fingerprint density at radius 3 is 2.83 bits per heavy atom. The van der Waals surface area contributed by atoms with E-state index in [0.29, 0.717) is 17.8 Å². The van der Waals surface area contributed by atoms with Crippen molar-refractivity contribution in [3.8, 4) is 0 Å². The Labute approximate surface area is 134 Å². The molecule has 1 aromatic heterocycles. The zero-order chi connectivity index (χ0) is 16.2. The molecule has 1 aliphatic heterocycles. The zero-order valence-electron chi connectivity index (χ0n) is 12.9. The van der Waals surface area contributed by atoms with E-state index in [1.54, 1.807) is 29.2 Å². The van der Waals surface area contributed by atoms with Gasteiger partial charge in [-0.25, -0.2) is 9.59 Å². The Bertz CT molecular complexity index is 697. The number of carbonyl (C=O) groups is 2. The van der Waals surface area contributed by atoms with Gasteiger partial charge in [0, 0.05) is 18.4 Å². The number of hydrogen-bond acceptors (Lipinski definition) is 3. The van der Waals surface area contributed by atoms with E-state index in [2.05, 4.69) is 10.3 Å². The maximum Gasteiger partial charge on any atom is 0.339 e. The number of methoxy groups -OCH3 is 1. The molecule has 1 aliphatic rings.